The van der Waals surface area contributed by atoms with Crippen LogP contribution in [0.1, 0.15) is 46.6 Å². The first-order chi connectivity index (χ1) is 19.2. The molecular formula is C30H27F3N4O3. The first kappa shape index (κ1) is 25.9. The minimum atomic E-state index is -4.69. The highest BCUT2D eigenvalue weighted by Crippen LogP contribution is 2.51. The number of fused-ring (bicyclic) bond motifs is 1. The molecule has 0 N–H and O–H groups in total. The van der Waals surface area contributed by atoms with E-state index in [-0.39, 0.29) is 35.2 Å². The number of hydrogen-bond acceptors (Lipinski definition) is 4. The zero-order valence-corrected chi connectivity index (χ0v) is 21.8. The Morgan fingerprint density at radius 2 is 1.65 bits per heavy atom. The van der Waals surface area contributed by atoms with Crippen LogP contribution in [-0.2, 0) is 24.6 Å². The van der Waals surface area contributed by atoms with E-state index < -0.39 is 17.8 Å². The summed E-state index contributed by atoms with van der Waals surface area (Å²) in [5, 5.41) is 3.85. The van der Waals surface area contributed by atoms with Gasteiger partial charge in [0, 0.05) is 36.6 Å². The minimum Gasteiger partial charge on any atom is -0.497 e. The highest BCUT2D eigenvalue weighted by atomic mass is 19.4. The van der Waals surface area contributed by atoms with E-state index in [9.17, 15) is 22.8 Å². The lowest BCUT2D eigenvalue weighted by molar-refractivity contribution is -0.141. The Labute approximate surface area is 228 Å². The Hall–Kier alpha value is -4.34. The predicted molar refractivity (Wildman–Crippen MR) is 143 cm³/mol. The van der Waals surface area contributed by atoms with Gasteiger partial charge in [0.15, 0.2) is 5.69 Å². The third-order valence-electron chi connectivity index (χ3n) is 7.98. The zero-order chi connectivity index (χ0) is 28.1. The lowest BCUT2D eigenvalue weighted by Crippen LogP contribution is -2.39. The van der Waals surface area contributed by atoms with Crippen molar-refractivity contribution in [1.29, 1.82) is 0 Å². The molecule has 1 fully saturated rings. The number of carbonyl (C=O) groups is 1. The number of rotatable bonds is 7. The second-order valence-corrected chi connectivity index (χ2v) is 10.3. The molecule has 1 saturated carbocycles. The molecule has 1 amide bonds. The number of ether oxygens (including phenoxy) is 1. The molecule has 2 aromatic heterocycles. The number of amides is 1. The van der Waals surface area contributed by atoms with E-state index in [0.29, 0.717) is 23.7 Å². The van der Waals surface area contributed by atoms with Crippen molar-refractivity contribution in [3.05, 3.63) is 106 Å². The highest BCUT2D eigenvalue weighted by molar-refractivity contribution is 6.07. The molecule has 7 nitrogen and oxygen atoms in total. The van der Waals surface area contributed by atoms with E-state index in [1.807, 2.05) is 30.3 Å². The maximum Gasteiger partial charge on any atom is 0.435 e. The van der Waals surface area contributed by atoms with Crippen LogP contribution in [0, 0.1) is 0 Å². The van der Waals surface area contributed by atoms with Gasteiger partial charge in [-0.05, 0) is 79.1 Å². The summed E-state index contributed by atoms with van der Waals surface area (Å²) in [5.41, 5.74) is 0.842. The van der Waals surface area contributed by atoms with Crippen LogP contribution in [0.15, 0.2) is 77.7 Å². The predicted octanol–water partition coefficient (Wildman–Crippen LogP) is 5.39. The van der Waals surface area contributed by atoms with Crippen molar-refractivity contribution in [2.24, 2.45) is 0 Å². The summed E-state index contributed by atoms with van der Waals surface area (Å²) in [4.78, 5) is 27.3. The van der Waals surface area contributed by atoms with Crippen molar-refractivity contribution in [2.75, 3.05) is 18.6 Å². The zero-order valence-electron chi connectivity index (χ0n) is 21.8. The van der Waals surface area contributed by atoms with Gasteiger partial charge in [0.1, 0.15) is 11.4 Å². The topological polar surface area (TPSA) is 69.4 Å². The molecule has 2 aliphatic rings. The van der Waals surface area contributed by atoms with Gasteiger partial charge in [-0.3, -0.25) is 9.59 Å². The van der Waals surface area contributed by atoms with E-state index in [1.54, 1.807) is 47.2 Å². The average molecular weight is 549 g/mol. The Kier molecular flexibility index (Phi) is 6.28. The SMILES string of the molecule is COc1ccc(-n2nc(C(F)(F)F)c3c2C(=O)N(c2ccc(C4(CCn5ccccc5=O)CC4)cc2)CC3)cc1. The number of alkyl halides is 3. The summed E-state index contributed by atoms with van der Waals surface area (Å²) in [6.07, 6.45) is -0.0104. The largest absolute Gasteiger partial charge is 0.497 e. The number of pyridine rings is 1. The van der Waals surface area contributed by atoms with Gasteiger partial charge < -0.3 is 14.2 Å². The number of benzene rings is 2. The second kappa shape index (κ2) is 9.69. The van der Waals surface area contributed by atoms with E-state index in [1.165, 1.54) is 12.0 Å². The number of methoxy groups -OCH3 is 1. The number of halogens is 3. The van der Waals surface area contributed by atoms with Crippen molar-refractivity contribution in [3.8, 4) is 11.4 Å². The molecule has 0 unspecified atom stereocenters. The number of aryl methyl sites for hydroxylation is 1. The van der Waals surface area contributed by atoms with Crippen LogP contribution in [0.25, 0.3) is 5.69 Å². The fourth-order valence-corrected chi connectivity index (χ4v) is 5.55. The third-order valence-corrected chi connectivity index (χ3v) is 7.98. The summed E-state index contributed by atoms with van der Waals surface area (Å²) in [6, 6.07) is 19.2. The van der Waals surface area contributed by atoms with Crippen molar-refractivity contribution in [1.82, 2.24) is 14.3 Å². The third kappa shape index (κ3) is 4.57. The van der Waals surface area contributed by atoms with Gasteiger partial charge >= 0.3 is 6.18 Å². The number of aromatic nitrogens is 3. The first-order valence-electron chi connectivity index (χ1n) is 13.1. The van der Waals surface area contributed by atoms with Crippen molar-refractivity contribution < 1.29 is 22.7 Å². The van der Waals surface area contributed by atoms with Crippen molar-refractivity contribution in [2.45, 2.75) is 43.8 Å². The fraction of sp³-hybridized carbons (Fsp3) is 0.300. The highest BCUT2D eigenvalue weighted by Gasteiger charge is 2.45. The van der Waals surface area contributed by atoms with Gasteiger partial charge in [-0.2, -0.15) is 18.3 Å². The van der Waals surface area contributed by atoms with Gasteiger partial charge in [0.05, 0.1) is 12.8 Å². The van der Waals surface area contributed by atoms with Crippen molar-refractivity contribution in [3.63, 3.8) is 0 Å². The lowest BCUT2D eigenvalue weighted by atomic mass is 9.92. The minimum absolute atomic E-state index is 0.0124. The standard InChI is InChI=1S/C30H27F3N4O3/c1-40-23-11-9-22(10-12-23)37-26-24(27(34-37)30(31,32)33)13-18-36(28(26)39)21-7-5-20(6-8-21)29(14-15-29)16-19-35-17-3-2-4-25(35)38/h2-12,17H,13-16,18-19H2,1H3. The molecule has 0 bridgehead atoms. The molecular weight excluding hydrogens is 521 g/mol. The van der Waals surface area contributed by atoms with Crippen LogP contribution in [0.2, 0.25) is 0 Å². The maximum atomic E-state index is 13.9. The van der Waals surface area contributed by atoms with Crippen LogP contribution in [0.5, 0.6) is 5.75 Å². The fourth-order valence-electron chi connectivity index (χ4n) is 5.55. The summed E-state index contributed by atoms with van der Waals surface area (Å²) >= 11 is 0. The van der Waals surface area contributed by atoms with Crippen LogP contribution in [-0.4, -0.2) is 33.9 Å². The summed E-state index contributed by atoms with van der Waals surface area (Å²) in [5.74, 6) is 0.00975. The molecule has 0 radical (unpaired) electrons. The van der Waals surface area contributed by atoms with Crippen LogP contribution in [0.3, 0.4) is 0 Å². The van der Waals surface area contributed by atoms with Gasteiger partial charge in [-0.1, -0.05) is 18.2 Å². The Morgan fingerprint density at radius 1 is 0.950 bits per heavy atom. The van der Waals surface area contributed by atoms with Crippen LogP contribution < -0.4 is 15.2 Å². The molecule has 1 aliphatic heterocycles. The molecule has 40 heavy (non-hydrogen) atoms. The van der Waals surface area contributed by atoms with E-state index in [0.717, 1.165) is 29.5 Å². The lowest BCUT2D eigenvalue weighted by Gasteiger charge is -2.28. The van der Waals surface area contributed by atoms with E-state index >= 15 is 0 Å². The Morgan fingerprint density at radius 3 is 2.27 bits per heavy atom. The van der Waals surface area contributed by atoms with Crippen LogP contribution in [0.4, 0.5) is 18.9 Å². The molecule has 10 heteroatoms. The summed E-state index contributed by atoms with van der Waals surface area (Å²) < 4.78 is 49.6. The first-order valence-corrected chi connectivity index (χ1v) is 13.1. The molecule has 0 atom stereocenters. The monoisotopic (exact) mass is 548 g/mol. The summed E-state index contributed by atoms with van der Waals surface area (Å²) in [7, 11) is 1.49. The summed E-state index contributed by atoms with van der Waals surface area (Å²) in [6.45, 7) is 0.732. The quantitative estimate of drug-likeness (QED) is 0.311. The Balaban J connectivity index is 1.28. The molecule has 4 aromatic rings. The van der Waals surface area contributed by atoms with Gasteiger partial charge in [-0.15, -0.1) is 0 Å². The van der Waals surface area contributed by atoms with E-state index in [2.05, 4.69) is 5.10 Å². The number of hydrogen-bond donors (Lipinski definition) is 0. The average Bonchev–Trinajstić information content (AvgIpc) is 3.64. The Bertz CT molecular complexity index is 1620. The smallest absolute Gasteiger partial charge is 0.435 e. The molecule has 0 saturated heterocycles. The maximum absolute atomic E-state index is 13.9. The number of anilines is 1. The van der Waals surface area contributed by atoms with E-state index in [4.69, 9.17) is 4.74 Å². The number of carbonyl (C=O) groups excluding carboxylic acids is 1. The molecule has 3 heterocycles. The normalized spacial score (nSPS) is 16.1. The molecule has 1 aliphatic carbocycles. The van der Waals surface area contributed by atoms with Crippen molar-refractivity contribution >= 4 is 11.6 Å². The molecule has 0 spiro atoms. The van der Waals surface area contributed by atoms with Crippen LogP contribution >= 0.6 is 0 Å². The molecule has 2 aromatic carbocycles. The molecule has 206 valence electrons. The molecule has 6 rings (SSSR count). The van der Waals surface area contributed by atoms with Gasteiger partial charge in [-0.25, -0.2) is 4.68 Å². The van der Waals surface area contributed by atoms with Gasteiger partial charge in [0.25, 0.3) is 5.91 Å². The number of nitrogens with zero attached hydrogens (tertiary/aromatic N) is 4. The van der Waals surface area contributed by atoms with Gasteiger partial charge in [0.2, 0.25) is 5.56 Å². The second-order valence-electron chi connectivity index (χ2n) is 10.3.